The molecular formula is C24H33F3N2O4. The highest BCUT2D eigenvalue weighted by atomic mass is 19.4. The lowest BCUT2D eigenvalue weighted by atomic mass is 9.72. The number of benzene rings is 1. The van der Waals surface area contributed by atoms with Crippen LogP contribution in [0.4, 0.5) is 13.2 Å². The monoisotopic (exact) mass is 470 g/mol. The van der Waals surface area contributed by atoms with Crippen molar-refractivity contribution < 1.29 is 32.5 Å². The normalized spacial score (nSPS) is 23.8. The van der Waals surface area contributed by atoms with Crippen LogP contribution >= 0.6 is 0 Å². The highest BCUT2D eigenvalue weighted by Crippen LogP contribution is 2.42. The van der Waals surface area contributed by atoms with Crippen LogP contribution in [0.25, 0.3) is 0 Å². The number of hydrogen-bond acceptors (Lipinski definition) is 5. The highest BCUT2D eigenvalue weighted by Gasteiger charge is 2.45. The second-order valence-corrected chi connectivity index (χ2v) is 9.42. The van der Waals surface area contributed by atoms with Crippen molar-refractivity contribution in [1.82, 2.24) is 9.80 Å². The van der Waals surface area contributed by atoms with E-state index >= 15 is 0 Å². The minimum atomic E-state index is -4.82. The topological polar surface area (TPSA) is 62.2 Å². The summed E-state index contributed by atoms with van der Waals surface area (Å²) in [6, 6.07) is 5.95. The molecule has 1 atom stereocenters. The first-order valence-corrected chi connectivity index (χ1v) is 11.9. The smallest absolute Gasteiger partial charge is 0.406 e. The number of halogens is 3. The SMILES string of the molecule is O=C([C@H](c1cccc(OC(F)(F)F)c1)C1(O)CCCCC1)N1CCC(N2CCOCC2)CC1. The molecule has 0 unspecified atom stereocenters. The largest absolute Gasteiger partial charge is 0.573 e. The molecule has 184 valence electrons. The third-order valence-electron chi connectivity index (χ3n) is 7.27. The van der Waals surface area contributed by atoms with Gasteiger partial charge in [-0.3, -0.25) is 9.69 Å². The zero-order valence-electron chi connectivity index (χ0n) is 18.9. The molecule has 0 radical (unpaired) electrons. The van der Waals surface area contributed by atoms with E-state index < -0.39 is 17.9 Å². The number of carbonyl (C=O) groups excluding carboxylic acids is 1. The lowest BCUT2D eigenvalue weighted by molar-refractivity contribution is -0.274. The summed E-state index contributed by atoms with van der Waals surface area (Å²) in [6.45, 7) is 4.40. The van der Waals surface area contributed by atoms with Crippen LogP contribution in [0.5, 0.6) is 5.75 Å². The van der Waals surface area contributed by atoms with Crippen molar-refractivity contribution >= 4 is 5.91 Å². The van der Waals surface area contributed by atoms with E-state index in [9.17, 15) is 23.1 Å². The summed E-state index contributed by atoms with van der Waals surface area (Å²) in [5.41, 5.74) is -0.894. The molecule has 0 bridgehead atoms. The molecule has 1 amide bonds. The van der Waals surface area contributed by atoms with Crippen molar-refractivity contribution in [1.29, 1.82) is 0 Å². The zero-order chi connectivity index (χ0) is 23.5. The summed E-state index contributed by atoms with van der Waals surface area (Å²) in [4.78, 5) is 17.9. The second-order valence-electron chi connectivity index (χ2n) is 9.42. The summed E-state index contributed by atoms with van der Waals surface area (Å²) in [5.74, 6) is -1.48. The number of nitrogens with zero attached hydrogens (tertiary/aromatic N) is 2. The second kappa shape index (κ2) is 10.2. The van der Waals surface area contributed by atoms with Gasteiger partial charge in [-0.05, 0) is 43.4 Å². The summed E-state index contributed by atoms with van der Waals surface area (Å²) in [7, 11) is 0. The fraction of sp³-hybridized carbons (Fsp3) is 0.708. The number of likely N-dealkylation sites (tertiary alicyclic amines) is 1. The first kappa shape index (κ1) is 24.3. The van der Waals surface area contributed by atoms with Crippen LogP contribution in [0.15, 0.2) is 24.3 Å². The van der Waals surface area contributed by atoms with Gasteiger partial charge in [-0.25, -0.2) is 0 Å². The first-order chi connectivity index (χ1) is 15.8. The van der Waals surface area contributed by atoms with Gasteiger partial charge in [0.15, 0.2) is 0 Å². The number of morpholine rings is 1. The van der Waals surface area contributed by atoms with Gasteiger partial charge in [0.1, 0.15) is 5.75 Å². The molecule has 2 saturated heterocycles. The van der Waals surface area contributed by atoms with Gasteiger partial charge in [-0.1, -0.05) is 31.4 Å². The van der Waals surface area contributed by atoms with E-state index in [4.69, 9.17) is 4.74 Å². The molecular weight excluding hydrogens is 437 g/mol. The highest BCUT2D eigenvalue weighted by molar-refractivity contribution is 5.85. The molecule has 1 aromatic carbocycles. The van der Waals surface area contributed by atoms with Crippen molar-refractivity contribution in [3.8, 4) is 5.75 Å². The molecule has 2 aliphatic heterocycles. The maximum Gasteiger partial charge on any atom is 0.573 e. The van der Waals surface area contributed by atoms with Crippen molar-refractivity contribution in [2.45, 2.75) is 68.9 Å². The Morgan fingerprint density at radius 2 is 1.76 bits per heavy atom. The number of carbonyl (C=O) groups is 1. The summed E-state index contributed by atoms with van der Waals surface area (Å²) in [6.07, 6.45) is 0.334. The van der Waals surface area contributed by atoms with Crippen LogP contribution in [0.3, 0.4) is 0 Å². The van der Waals surface area contributed by atoms with Gasteiger partial charge in [0, 0.05) is 32.2 Å². The van der Waals surface area contributed by atoms with Crippen LogP contribution in [0, 0.1) is 0 Å². The molecule has 33 heavy (non-hydrogen) atoms. The van der Waals surface area contributed by atoms with Crippen LogP contribution in [-0.2, 0) is 9.53 Å². The Labute approximate surface area is 192 Å². The van der Waals surface area contributed by atoms with Crippen molar-refractivity contribution in [2.75, 3.05) is 39.4 Å². The number of hydrogen-bond donors (Lipinski definition) is 1. The standard InChI is InChI=1S/C24H33F3N2O4/c25-24(26,27)33-20-6-4-5-18(17-20)21(23(31)9-2-1-3-10-23)22(30)29-11-7-19(8-12-29)28-13-15-32-16-14-28/h4-6,17,19,21,31H,1-3,7-16H2/t21-/m0/s1. The Balaban J connectivity index is 1.53. The van der Waals surface area contributed by atoms with Gasteiger partial charge in [0.05, 0.1) is 24.7 Å². The van der Waals surface area contributed by atoms with Crippen LogP contribution in [0.2, 0.25) is 0 Å². The number of amides is 1. The molecule has 0 spiro atoms. The summed E-state index contributed by atoms with van der Waals surface area (Å²) in [5, 5.41) is 11.5. The van der Waals surface area contributed by atoms with Gasteiger partial charge >= 0.3 is 6.36 Å². The summed E-state index contributed by atoms with van der Waals surface area (Å²) >= 11 is 0. The molecule has 6 nitrogen and oxygen atoms in total. The quantitative estimate of drug-likeness (QED) is 0.711. The Morgan fingerprint density at radius 3 is 2.39 bits per heavy atom. The summed E-state index contributed by atoms with van der Waals surface area (Å²) < 4.78 is 47.9. The maximum atomic E-state index is 13.8. The van der Waals surface area contributed by atoms with E-state index in [0.717, 1.165) is 58.4 Å². The van der Waals surface area contributed by atoms with E-state index in [0.29, 0.717) is 37.5 Å². The molecule has 1 aliphatic carbocycles. The van der Waals surface area contributed by atoms with Gasteiger partial charge in [0.25, 0.3) is 0 Å². The Bertz CT molecular complexity index is 799. The maximum absolute atomic E-state index is 13.8. The third kappa shape index (κ3) is 6.00. The van der Waals surface area contributed by atoms with Crippen molar-refractivity contribution in [2.24, 2.45) is 0 Å². The van der Waals surface area contributed by atoms with E-state index in [2.05, 4.69) is 9.64 Å². The molecule has 1 saturated carbocycles. The molecule has 1 aromatic rings. The van der Waals surface area contributed by atoms with Crippen molar-refractivity contribution in [3.63, 3.8) is 0 Å². The minimum absolute atomic E-state index is 0.205. The minimum Gasteiger partial charge on any atom is -0.406 e. The Kier molecular flexibility index (Phi) is 7.50. The van der Waals surface area contributed by atoms with E-state index in [1.807, 2.05) is 0 Å². The lowest BCUT2D eigenvalue weighted by Gasteiger charge is -2.44. The Hall–Kier alpha value is -1.84. The van der Waals surface area contributed by atoms with E-state index in [-0.39, 0.29) is 11.7 Å². The number of rotatable bonds is 5. The zero-order valence-corrected chi connectivity index (χ0v) is 18.9. The van der Waals surface area contributed by atoms with Crippen LogP contribution in [-0.4, -0.2) is 78.2 Å². The van der Waals surface area contributed by atoms with Gasteiger partial charge < -0.3 is 19.5 Å². The average Bonchev–Trinajstić information content (AvgIpc) is 2.79. The predicted octanol–water partition coefficient (Wildman–Crippen LogP) is 3.69. The predicted molar refractivity (Wildman–Crippen MR) is 116 cm³/mol. The van der Waals surface area contributed by atoms with Gasteiger partial charge in [-0.15, -0.1) is 13.2 Å². The fourth-order valence-corrected chi connectivity index (χ4v) is 5.60. The van der Waals surface area contributed by atoms with Gasteiger partial charge in [-0.2, -0.15) is 0 Å². The molecule has 2 heterocycles. The lowest BCUT2D eigenvalue weighted by Crippen LogP contribution is -2.53. The first-order valence-electron chi connectivity index (χ1n) is 11.9. The van der Waals surface area contributed by atoms with Gasteiger partial charge in [0.2, 0.25) is 5.91 Å². The fourth-order valence-electron chi connectivity index (χ4n) is 5.60. The van der Waals surface area contributed by atoms with Crippen LogP contribution < -0.4 is 4.74 Å². The number of ether oxygens (including phenoxy) is 2. The average molecular weight is 471 g/mol. The van der Waals surface area contributed by atoms with Crippen molar-refractivity contribution in [3.05, 3.63) is 29.8 Å². The van der Waals surface area contributed by atoms with E-state index in [1.54, 1.807) is 11.0 Å². The van der Waals surface area contributed by atoms with E-state index in [1.165, 1.54) is 18.2 Å². The molecule has 3 aliphatic rings. The number of alkyl halides is 3. The molecule has 1 N–H and O–H groups in total. The number of aliphatic hydroxyl groups is 1. The van der Waals surface area contributed by atoms with Crippen LogP contribution in [0.1, 0.15) is 56.4 Å². The molecule has 3 fully saturated rings. The molecule has 0 aromatic heterocycles. The molecule has 9 heteroatoms. The Morgan fingerprint density at radius 1 is 1.09 bits per heavy atom. The number of piperidine rings is 1. The molecule has 4 rings (SSSR count). The third-order valence-corrected chi connectivity index (χ3v) is 7.27.